The van der Waals surface area contributed by atoms with Crippen LogP contribution in [-0.2, 0) is 22.4 Å². The fraction of sp³-hybridized carbons (Fsp3) is 0.312. The molecule has 1 aromatic heterocycles. The van der Waals surface area contributed by atoms with E-state index in [2.05, 4.69) is 4.98 Å². The molecule has 0 atom stereocenters. The maximum Gasteiger partial charge on any atom is 0.433 e. The molecular formula is C16H12F6N2O3S. The zero-order valence-electron chi connectivity index (χ0n) is 13.8. The maximum atomic E-state index is 12.6. The third-order valence-electron chi connectivity index (χ3n) is 3.94. The highest BCUT2D eigenvalue weighted by Gasteiger charge is 2.39. The molecular weight excluding hydrogens is 414 g/mol. The topological polar surface area (TPSA) is 59.5 Å². The van der Waals surface area contributed by atoms with Gasteiger partial charge in [0, 0.05) is 6.07 Å². The molecule has 0 bridgehead atoms. The molecule has 1 aliphatic rings. The van der Waals surface area contributed by atoms with Crippen LogP contribution in [0.1, 0.15) is 11.3 Å². The molecule has 1 saturated heterocycles. The Morgan fingerprint density at radius 1 is 0.929 bits per heavy atom. The van der Waals surface area contributed by atoms with Crippen molar-refractivity contribution < 1.29 is 39.5 Å². The summed E-state index contributed by atoms with van der Waals surface area (Å²) < 4.78 is 107. The Hall–Kier alpha value is -2.34. The summed E-state index contributed by atoms with van der Waals surface area (Å²) in [6.45, 7) is -0.331. The van der Waals surface area contributed by atoms with Gasteiger partial charge in [0.1, 0.15) is 11.8 Å². The van der Waals surface area contributed by atoms with E-state index in [1.165, 1.54) is 6.07 Å². The summed E-state index contributed by atoms with van der Waals surface area (Å²) >= 11 is 0. The van der Waals surface area contributed by atoms with Crippen molar-refractivity contribution in [3.8, 4) is 5.88 Å². The van der Waals surface area contributed by atoms with E-state index in [4.69, 9.17) is 4.74 Å². The van der Waals surface area contributed by atoms with Gasteiger partial charge >= 0.3 is 12.4 Å². The van der Waals surface area contributed by atoms with E-state index in [-0.39, 0.29) is 23.9 Å². The van der Waals surface area contributed by atoms with Crippen molar-refractivity contribution in [1.82, 2.24) is 9.29 Å². The minimum atomic E-state index is -4.64. The lowest BCUT2D eigenvalue weighted by Crippen LogP contribution is -2.56. The molecule has 0 spiro atoms. The summed E-state index contributed by atoms with van der Waals surface area (Å²) in [4.78, 5) is 3.00. The smallest absolute Gasteiger partial charge is 0.433 e. The maximum absolute atomic E-state index is 12.6. The van der Waals surface area contributed by atoms with Crippen molar-refractivity contribution in [2.45, 2.75) is 23.4 Å². The van der Waals surface area contributed by atoms with Gasteiger partial charge in [0.15, 0.2) is 0 Å². The third kappa shape index (κ3) is 4.22. The number of nitrogens with zero attached hydrogens (tertiary/aromatic N) is 2. The summed E-state index contributed by atoms with van der Waals surface area (Å²) in [5.41, 5.74) is -2.12. The number of hydrogen-bond acceptors (Lipinski definition) is 4. The number of aromatic nitrogens is 1. The fourth-order valence-electron chi connectivity index (χ4n) is 2.45. The van der Waals surface area contributed by atoms with Crippen LogP contribution in [-0.4, -0.2) is 36.9 Å². The first kappa shape index (κ1) is 20.4. The van der Waals surface area contributed by atoms with Gasteiger partial charge in [0.2, 0.25) is 15.9 Å². The monoisotopic (exact) mass is 426 g/mol. The van der Waals surface area contributed by atoms with Crippen LogP contribution in [0.3, 0.4) is 0 Å². The van der Waals surface area contributed by atoms with Crippen molar-refractivity contribution in [2.24, 2.45) is 0 Å². The van der Waals surface area contributed by atoms with Crippen LogP contribution in [0, 0.1) is 0 Å². The van der Waals surface area contributed by atoms with Crippen molar-refractivity contribution in [2.75, 3.05) is 13.1 Å². The van der Waals surface area contributed by atoms with E-state index in [1.54, 1.807) is 0 Å². The summed E-state index contributed by atoms with van der Waals surface area (Å²) in [7, 11) is -4.04. The predicted octanol–water partition coefficient (Wildman–Crippen LogP) is 3.57. The fourth-order valence-corrected chi connectivity index (χ4v) is 3.95. The standard InChI is InChI=1S/C16H12F6N2O3S/c17-15(18,19)10-4-6-12(7-5-10)28(25,26)24-8-11(9-24)27-14-3-1-2-13(23-14)16(20,21)22/h1-7,11H,8-9H2. The number of alkyl halides is 6. The molecule has 2 aromatic rings. The summed E-state index contributed by atoms with van der Waals surface area (Å²) in [6, 6.07) is 6.11. The average molecular weight is 426 g/mol. The van der Waals surface area contributed by atoms with E-state index < -0.39 is 39.7 Å². The average Bonchev–Trinajstić information content (AvgIpc) is 2.56. The molecule has 0 amide bonds. The lowest BCUT2D eigenvalue weighted by molar-refractivity contribution is -0.141. The largest absolute Gasteiger partial charge is 0.472 e. The molecule has 0 radical (unpaired) electrons. The molecule has 12 heteroatoms. The highest BCUT2D eigenvalue weighted by atomic mass is 32.2. The highest BCUT2D eigenvalue weighted by molar-refractivity contribution is 7.89. The summed E-state index contributed by atoms with van der Waals surface area (Å²) in [6.07, 6.45) is -9.95. The second-order valence-electron chi connectivity index (χ2n) is 5.94. The zero-order valence-corrected chi connectivity index (χ0v) is 14.6. The first-order valence-corrected chi connectivity index (χ1v) is 9.20. The van der Waals surface area contributed by atoms with Gasteiger partial charge in [-0.1, -0.05) is 6.07 Å². The van der Waals surface area contributed by atoms with Crippen molar-refractivity contribution >= 4 is 10.0 Å². The normalized spacial score (nSPS) is 16.6. The number of halogens is 6. The Balaban J connectivity index is 1.64. The van der Waals surface area contributed by atoms with Crippen LogP contribution in [0.5, 0.6) is 5.88 Å². The van der Waals surface area contributed by atoms with Gasteiger partial charge in [-0.3, -0.25) is 0 Å². The molecule has 28 heavy (non-hydrogen) atoms. The molecule has 0 unspecified atom stereocenters. The highest BCUT2D eigenvalue weighted by Crippen LogP contribution is 2.32. The molecule has 0 N–H and O–H groups in total. The van der Waals surface area contributed by atoms with Gasteiger partial charge in [0.25, 0.3) is 0 Å². The summed E-state index contributed by atoms with van der Waals surface area (Å²) in [5, 5.41) is 0. The first-order chi connectivity index (χ1) is 12.9. The van der Waals surface area contributed by atoms with Gasteiger partial charge in [0.05, 0.1) is 23.5 Å². The molecule has 1 fully saturated rings. The van der Waals surface area contributed by atoms with Crippen LogP contribution >= 0.6 is 0 Å². The van der Waals surface area contributed by atoms with E-state index >= 15 is 0 Å². The molecule has 3 rings (SSSR count). The number of benzene rings is 1. The van der Waals surface area contributed by atoms with Gasteiger partial charge in [-0.15, -0.1) is 0 Å². The Morgan fingerprint density at radius 3 is 2.07 bits per heavy atom. The van der Waals surface area contributed by atoms with Crippen molar-refractivity contribution in [3.05, 3.63) is 53.7 Å². The lowest BCUT2D eigenvalue weighted by Gasteiger charge is -2.37. The molecule has 1 aliphatic heterocycles. The Morgan fingerprint density at radius 2 is 1.54 bits per heavy atom. The first-order valence-electron chi connectivity index (χ1n) is 7.76. The van der Waals surface area contributed by atoms with E-state index in [9.17, 15) is 34.8 Å². The van der Waals surface area contributed by atoms with Gasteiger partial charge < -0.3 is 4.74 Å². The minimum absolute atomic E-state index is 0.165. The Kier molecular flexibility index (Phi) is 5.04. The van der Waals surface area contributed by atoms with Crippen LogP contribution in [0.2, 0.25) is 0 Å². The number of sulfonamides is 1. The van der Waals surface area contributed by atoms with E-state index in [0.717, 1.165) is 28.6 Å². The van der Waals surface area contributed by atoms with E-state index in [0.29, 0.717) is 12.1 Å². The summed E-state index contributed by atoms with van der Waals surface area (Å²) in [5.74, 6) is -0.300. The second-order valence-corrected chi connectivity index (χ2v) is 7.88. The van der Waals surface area contributed by atoms with Crippen LogP contribution in [0.4, 0.5) is 26.3 Å². The molecule has 0 aliphatic carbocycles. The minimum Gasteiger partial charge on any atom is -0.472 e. The van der Waals surface area contributed by atoms with Crippen molar-refractivity contribution in [3.63, 3.8) is 0 Å². The number of pyridine rings is 1. The van der Waals surface area contributed by atoms with Crippen molar-refractivity contribution in [1.29, 1.82) is 0 Å². The molecule has 5 nitrogen and oxygen atoms in total. The molecule has 1 aromatic carbocycles. The number of hydrogen-bond donors (Lipinski definition) is 0. The second kappa shape index (κ2) is 6.92. The van der Waals surface area contributed by atoms with E-state index in [1.807, 2.05) is 0 Å². The third-order valence-corrected chi connectivity index (χ3v) is 5.78. The quantitative estimate of drug-likeness (QED) is 0.702. The Bertz CT molecular complexity index is 952. The molecule has 0 saturated carbocycles. The Labute approximate surface area is 155 Å². The van der Waals surface area contributed by atoms with Gasteiger partial charge in [-0.05, 0) is 30.3 Å². The van der Waals surface area contributed by atoms with Gasteiger partial charge in [-0.25, -0.2) is 13.4 Å². The SMILES string of the molecule is O=S(=O)(c1ccc(C(F)(F)F)cc1)N1CC(Oc2cccc(C(F)(F)F)n2)C1. The van der Waals surface area contributed by atoms with Gasteiger partial charge in [-0.2, -0.15) is 30.6 Å². The van der Waals surface area contributed by atoms with Crippen LogP contribution < -0.4 is 4.74 Å². The lowest BCUT2D eigenvalue weighted by atomic mass is 10.2. The van der Waals surface area contributed by atoms with Crippen LogP contribution in [0.15, 0.2) is 47.4 Å². The predicted molar refractivity (Wildman–Crippen MR) is 83.9 cm³/mol. The van der Waals surface area contributed by atoms with Crippen LogP contribution in [0.25, 0.3) is 0 Å². The number of ether oxygens (including phenoxy) is 1. The molecule has 2 heterocycles. The molecule has 152 valence electrons. The number of rotatable bonds is 4. The zero-order chi connectivity index (χ0) is 20.7.